The predicted octanol–water partition coefficient (Wildman–Crippen LogP) is 0.843. The summed E-state index contributed by atoms with van der Waals surface area (Å²) in [7, 11) is 0. The van der Waals surface area contributed by atoms with Gasteiger partial charge in [-0.25, -0.2) is 0 Å². The minimum Gasteiger partial charge on any atom is -0.352 e. The van der Waals surface area contributed by atoms with Crippen LogP contribution in [0.25, 0.3) is 0 Å². The van der Waals surface area contributed by atoms with Gasteiger partial charge in [0.1, 0.15) is 0 Å². The van der Waals surface area contributed by atoms with E-state index in [1.54, 1.807) is 0 Å². The summed E-state index contributed by atoms with van der Waals surface area (Å²) in [6.45, 7) is 9.53. The SMILES string of the molecule is CCN1CCC(NC(=O)CN2CCN(CC(=O)Nc3ccccc3)CC2)CC1. The normalized spacial score (nSPS) is 20.0. The summed E-state index contributed by atoms with van der Waals surface area (Å²) in [5.74, 6) is 0.140. The molecule has 0 spiro atoms. The number of anilines is 1. The number of nitrogens with one attached hydrogen (secondary N) is 2. The van der Waals surface area contributed by atoms with E-state index in [4.69, 9.17) is 0 Å². The van der Waals surface area contributed by atoms with E-state index in [0.717, 1.165) is 64.3 Å². The molecule has 3 rings (SSSR count). The number of piperazine rings is 1. The van der Waals surface area contributed by atoms with Crippen molar-refractivity contribution in [2.75, 3.05) is 64.2 Å². The summed E-state index contributed by atoms with van der Waals surface area (Å²) >= 11 is 0. The van der Waals surface area contributed by atoms with Gasteiger partial charge < -0.3 is 15.5 Å². The van der Waals surface area contributed by atoms with Crippen molar-refractivity contribution in [3.8, 4) is 0 Å². The number of rotatable bonds is 7. The monoisotopic (exact) mass is 387 g/mol. The average Bonchev–Trinajstić information content (AvgIpc) is 2.71. The molecule has 2 amide bonds. The topological polar surface area (TPSA) is 67.9 Å². The van der Waals surface area contributed by atoms with Crippen molar-refractivity contribution < 1.29 is 9.59 Å². The fourth-order valence-electron chi connectivity index (χ4n) is 3.90. The first-order valence-electron chi connectivity index (χ1n) is 10.4. The predicted molar refractivity (Wildman–Crippen MR) is 111 cm³/mol. The van der Waals surface area contributed by atoms with Gasteiger partial charge in [0.15, 0.2) is 0 Å². The highest BCUT2D eigenvalue weighted by atomic mass is 16.2. The highest BCUT2D eigenvalue weighted by Crippen LogP contribution is 2.10. The van der Waals surface area contributed by atoms with Crippen LogP contribution in [0.4, 0.5) is 5.69 Å². The molecule has 2 fully saturated rings. The molecule has 2 N–H and O–H groups in total. The van der Waals surface area contributed by atoms with Crippen molar-refractivity contribution in [2.45, 2.75) is 25.8 Å². The van der Waals surface area contributed by atoms with Crippen molar-refractivity contribution in [1.82, 2.24) is 20.0 Å². The number of benzene rings is 1. The molecule has 154 valence electrons. The van der Waals surface area contributed by atoms with E-state index < -0.39 is 0 Å². The van der Waals surface area contributed by atoms with E-state index >= 15 is 0 Å². The van der Waals surface area contributed by atoms with Crippen molar-refractivity contribution >= 4 is 17.5 Å². The van der Waals surface area contributed by atoms with Crippen molar-refractivity contribution in [3.63, 3.8) is 0 Å². The lowest BCUT2D eigenvalue weighted by Crippen LogP contribution is -2.52. The Bertz CT molecular complexity index is 623. The summed E-state index contributed by atoms with van der Waals surface area (Å²) in [5.41, 5.74) is 0.826. The molecule has 7 heteroatoms. The van der Waals surface area contributed by atoms with Gasteiger partial charge in [-0.2, -0.15) is 0 Å². The molecule has 0 atom stereocenters. The third kappa shape index (κ3) is 6.58. The molecule has 2 heterocycles. The Morgan fingerprint density at radius 3 is 2.00 bits per heavy atom. The number of para-hydroxylation sites is 1. The van der Waals surface area contributed by atoms with Crippen LogP contribution >= 0.6 is 0 Å². The molecule has 28 heavy (non-hydrogen) atoms. The number of amides is 2. The highest BCUT2D eigenvalue weighted by molar-refractivity contribution is 5.92. The van der Waals surface area contributed by atoms with Gasteiger partial charge in [0.05, 0.1) is 13.1 Å². The van der Waals surface area contributed by atoms with Gasteiger partial charge >= 0.3 is 0 Å². The number of nitrogens with zero attached hydrogens (tertiary/aromatic N) is 3. The first-order valence-corrected chi connectivity index (χ1v) is 10.4. The summed E-state index contributed by atoms with van der Waals surface area (Å²) in [5, 5.41) is 6.12. The van der Waals surface area contributed by atoms with E-state index in [-0.39, 0.29) is 11.8 Å². The Balaban J connectivity index is 1.31. The fourth-order valence-corrected chi connectivity index (χ4v) is 3.90. The molecule has 0 unspecified atom stereocenters. The second kappa shape index (κ2) is 10.5. The van der Waals surface area contributed by atoms with Crippen LogP contribution in [-0.4, -0.2) is 91.5 Å². The van der Waals surface area contributed by atoms with Gasteiger partial charge in [0.25, 0.3) is 0 Å². The standard InChI is InChI=1S/C21H33N5O2/c1-2-24-10-8-19(9-11-24)23-21(28)17-26-14-12-25(13-15-26)16-20(27)22-18-6-4-3-5-7-18/h3-7,19H,2,8-17H2,1H3,(H,22,27)(H,23,28). The molecule has 0 aliphatic carbocycles. The minimum atomic E-state index is 0.0100. The maximum atomic E-state index is 12.3. The van der Waals surface area contributed by atoms with Crippen molar-refractivity contribution in [2.24, 2.45) is 0 Å². The van der Waals surface area contributed by atoms with Crippen LogP contribution in [0.15, 0.2) is 30.3 Å². The minimum absolute atomic E-state index is 0.0100. The van der Waals surface area contributed by atoms with Crippen LogP contribution in [0.1, 0.15) is 19.8 Å². The lowest BCUT2D eigenvalue weighted by molar-refractivity contribution is -0.124. The van der Waals surface area contributed by atoms with Crippen molar-refractivity contribution in [1.29, 1.82) is 0 Å². The first kappa shape index (κ1) is 20.8. The quantitative estimate of drug-likeness (QED) is 0.726. The van der Waals surface area contributed by atoms with Gasteiger partial charge in [-0.1, -0.05) is 25.1 Å². The van der Waals surface area contributed by atoms with Gasteiger partial charge in [0, 0.05) is 51.0 Å². The number of carbonyl (C=O) groups is 2. The van der Waals surface area contributed by atoms with Crippen LogP contribution in [0.2, 0.25) is 0 Å². The maximum absolute atomic E-state index is 12.3. The highest BCUT2D eigenvalue weighted by Gasteiger charge is 2.23. The molecule has 0 aromatic heterocycles. The second-order valence-corrected chi connectivity index (χ2v) is 7.74. The van der Waals surface area contributed by atoms with Crippen LogP contribution < -0.4 is 10.6 Å². The molecule has 0 saturated carbocycles. The fraction of sp³-hybridized carbons (Fsp3) is 0.619. The summed E-state index contributed by atoms with van der Waals surface area (Å²) < 4.78 is 0. The lowest BCUT2D eigenvalue weighted by atomic mass is 10.1. The number of likely N-dealkylation sites (tertiary alicyclic amines) is 1. The van der Waals surface area contributed by atoms with E-state index in [1.807, 2.05) is 30.3 Å². The summed E-state index contributed by atoms with van der Waals surface area (Å²) in [4.78, 5) is 31.3. The van der Waals surface area contributed by atoms with Crippen LogP contribution in [0, 0.1) is 0 Å². The third-order valence-corrected chi connectivity index (χ3v) is 5.66. The second-order valence-electron chi connectivity index (χ2n) is 7.74. The third-order valence-electron chi connectivity index (χ3n) is 5.66. The summed E-state index contributed by atoms with van der Waals surface area (Å²) in [6, 6.07) is 9.84. The lowest BCUT2D eigenvalue weighted by Gasteiger charge is -2.35. The molecule has 2 aliphatic rings. The molecule has 7 nitrogen and oxygen atoms in total. The number of piperidine rings is 1. The van der Waals surface area contributed by atoms with Gasteiger partial charge in [-0.05, 0) is 31.5 Å². The Hall–Kier alpha value is -1.96. The Labute approximate surface area is 168 Å². The summed E-state index contributed by atoms with van der Waals surface area (Å²) in [6.07, 6.45) is 2.09. The van der Waals surface area contributed by atoms with E-state index in [2.05, 4.69) is 32.3 Å². The molecule has 1 aromatic rings. The Morgan fingerprint density at radius 1 is 0.857 bits per heavy atom. The van der Waals surface area contributed by atoms with Gasteiger partial charge in [-0.15, -0.1) is 0 Å². The first-order chi connectivity index (χ1) is 13.6. The van der Waals surface area contributed by atoms with Gasteiger partial charge in [-0.3, -0.25) is 19.4 Å². The average molecular weight is 388 g/mol. The smallest absolute Gasteiger partial charge is 0.238 e. The molecular weight excluding hydrogens is 354 g/mol. The van der Waals surface area contributed by atoms with E-state index in [1.165, 1.54) is 0 Å². The molecular formula is C21H33N5O2. The molecule has 2 saturated heterocycles. The zero-order valence-electron chi connectivity index (χ0n) is 16.9. The Morgan fingerprint density at radius 2 is 1.43 bits per heavy atom. The molecule has 0 radical (unpaired) electrons. The number of hydrogen-bond donors (Lipinski definition) is 2. The van der Waals surface area contributed by atoms with Crippen LogP contribution in [-0.2, 0) is 9.59 Å². The molecule has 1 aromatic carbocycles. The number of hydrogen-bond acceptors (Lipinski definition) is 5. The maximum Gasteiger partial charge on any atom is 0.238 e. The van der Waals surface area contributed by atoms with Gasteiger partial charge in [0.2, 0.25) is 11.8 Å². The van der Waals surface area contributed by atoms with E-state index in [0.29, 0.717) is 19.1 Å². The Kier molecular flexibility index (Phi) is 7.82. The largest absolute Gasteiger partial charge is 0.352 e. The molecule has 2 aliphatic heterocycles. The van der Waals surface area contributed by atoms with E-state index in [9.17, 15) is 9.59 Å². The number of carbonyl (C=O) groups excluding carboxylic acids is 2. The zero-order valence-corrected chi connectivity index (χ0v) is 16.9. The van der Waals surface area contributed by atoms with Crippen LogP contribution in [0.5, 0.6) is 0 Å². The van der Waals surface area contributed by atoms with Crippen LogP contribution in [0.3, 0.4) is 0 Å². The van der Waals surface area contributed by atoms with Crippen molar-refractivity contribution in [3.05, 3.63) is 30.3 Å². The molecule has 0 bridgehead atoms. The zero-order chi connectivity index (χ0) is 19.8.